The number of aryl methyl sites for hydroxylation is 1. The molecule has 3 rings (SSSR count). The van der Waals surface area contributed by atoms with E-state index in [2.05, 4.69) is 10.2 Å². The molecule has 0 unspecified atom stereocenters. The average Bonchev–Trinajstić information content (AvgIpc) is 3.11. The van der Waals surface area contributed by atoms with Crippen LogP contribution in [0.3, 0.4) is 0 Å². The highest BCUT2D eigenvalue weighted by atomic mass is 35.5. The third kappa shape index (κ3) is 5.00. The number of hydrogen-bond donors (Lipinski definition) is 1. The SMILES string of the molecule is Cc1cccc(Cl)c1OCc1ccc(C(=O)NCCN2CCOCC2)o1. The lowest BCUT2D eigenvalue weighted by molar-refractivity contribution is 0.0382. The average molecular weight is 379 g/mol. The summed E-state index contributed by atoms with van der Waals surface area (Å²) >= 11 is 6.14. The van der Waals surface area contributed by atoms with Crippen LogP contribution < -0.4 is 10.1 Å². The zero-order chi connectivity index (χ0) is 18.4. The Balaban J connectivity index is 1.47. The molecule has 1 aliphatic rings. The maximum absolute atomic E-state index is 12.2. The van der Waals surface area contributed by atoms with Gasteiger partial charge in [-0.3, -0.25) is 9.69 Å². The third-order valence-electron chi connectivity index (χ3n) is 4.23. The topological polar surface area (TPSA) is 63.9 Å². The van der Waals surface area contributed by atoms with Gasteiger partial charge in [0.2, 0.25) is 0 Å². The number of amides is 1. The lowest BCUT2D eigenvalue weighted by atomic mass is 10.2. The second-order valence-electron chi connectivity index (χ2n) is 6.15. The number of carbonyl (C=O) groups is 1. The number of nitrogens with one attached hydrogen (secondary N) is 1. The van der Waals surface area contributed by atoms with Gasteiger partial charge in [-0.2, -0.15) is 0 Å². The van der Waals surface area contributed by atoms with Crippen LogP contribution in [-0.4, -0.2) is 50.2 Å². The standard InChI is InChI=1S/C19H23ClN2O4/c1-14-3-2-4-16(20)18(14)25-13-15-5-6-17(26-15)19(23)21-7-8-22-9-11-24-12-10-22/h2-6H,7-13H2,1H3,(H,21,23). The molecule has 1 N–H and O–H groups in total. The number of furan rings is 1. The van der Waals surface area contributed by atoms with Gasteiger partial charge in [0, 0.05) is 26.2 Å². The number of carbonyl (C=O) groups excluding carboxylic acids is 1. The van der Waals surface area contributed by atoms with Crippen molar-refractivity contribution in [1.29, 1.82) is 0 Å². The number of hydrogen-bond acceptors (Lipinski definition) is 5. The first-order valence-corrected chi connectivity index (χ1v) is 9.06. The molecule has 1 aromatic heterocycles. The third-order valence-corrected chi connectivity index (χ3v) is 4.52. The summed E-state index contributed by atoms with van der Waals surface area (Å²) < 4.78 is 16.6. The molecule has 0 saturated carbocycles. The highest BCUT2D eigenvalue weighted by molar-refractivity contribution is 6.32. The van der Waals surface area contributed by atoms with Gasteiger partial charge in [-0.05, 0) is 30.7 Å². The summed E-state index contributed by atoms with van der Waals surface area (Å²) in [5.74, 6) is 1.25. The summed E-state index contributed by atoms with van der Waals surface area (Å²) in [4.78, 5) is 14.4. The Hall–Kier alpha value is -2.02. The van der Waals surface area contributed by atoms with Gasteiger partial charge in [0.15, 0.2) is 5.76 Å². The molecular formula is C19H23ClN2O4. The van der Waals surface area contributed by atoms with E-state index < -0.39 is 0 Å². The van der Waals surface area contributed by atoms with Crippen LogP contribution in [0.5, 0.6) is 5.75 Å². The Bertz CT molecular complexity index is 721. The molecule has 1 fully saturated rings. The molecule has 2 heterocycles. The molecule has 2 aromatic rings. The number of benzene rings is 1. The number of para-hydroxylation sites is 1. The minimum atomic E-state index is -0.224. The van der Waals surface area contributed by atoms with Crippen molar-refractivity contribution in [2.75, 3.05) is 39.4 Å². The Labute approximate surface area is 158 Å². The molecule has 0 radical (unpaired) electrons. The number of rotatable bonds is 7. The fraction of sp³-hybridized carbons (Fsp3) is 0.421. The summed E-state index contributed by atoms with van der Waals surface area (Å²) in [6.45, 7) is 6.82. The van der Waals surface area contributed by atoms with Crippen LogP contribution in [0.15, 0.2) is 34.7 Å². The predicted molar refractivity (Wildman–Crippen MR) is 98.8 cm³/mol. The number of morpholine rings is 1. The van der Waals surface area contributed by atoms with E-state index in [1.807, 2.05) is 19.1 Å². The van der Waals surface area contributed by atoms with Crippen LogP contribution in [0.2, 0.25) is 5.02 Å². The molecule has 0 bridgehead atoms. The van der Waals surface area contributed by atoms with Crippen LogP contribution in [0.1, 0.15) is 21.9 Å². The zero-order valence-electron chi connectivity index (χ0n) is 14.8. The molecule has 26 heavy (non-hydrogen) atoms. The van der Waals surface area contributed by atoms with Gasteiger partial charge < -0.3 is 19.2 Å². The Morgan fingerprint density at radius 3 is 2.85 bits per heavy atom. The highest BCUT2D eigenvalue weighted by Gasteiger charge is 2.14. The Kier molecular flexibility index (Phi) is 6.55. The van der Waals surface area contributed by atoms with E-state index in [1.165, 1.54) is 0 Å². The van der Waals surface area contributed by atoms with Gasteiger partial charge in [-0.15, -0.1) is 0 Å². The molecule has 140 valence electrons. The summed E-state index contributed by atoms with van der Waals surface area (Å²) in [5, 5.41) is 3.43. The Morgan fingerprint density at radius 1 is 1.27 bits per heavy atom. The predicted octanol–water partition coefficient (Wildman–Crippen LogP) is 2.88. The van der Waals surface area contributed by atoms with E-state index in [0.29, 0.717) is 23.1 Å². The maximum Gasteiger partial charge on any atom is 0.287 e. The molecule has 0 atom stereocenters. The minimum Gasteiger partial charge on any atom is -0.484 e. The van der Waals surface area contributed by atoms with E-state index in [4.69, 9.17) is 25.5 Å². The summed E-state index contributed by atoms with van der Waals surface area (Å²) in [6, 6.07) is 8.97. The molecule has 7 heteroatoms. The maximum atomic E-state index is 12.2. The number of ether oxygens (including phenoxy) is 2. The van der Waals surface area contributed by atoms with Crippen molar-refractivity contribution in [3.05, 3.63) is 52.4 Å². The monoisotopic (exact) mass is 378 g/mol. The van der Waals surface area contributed by atoms with Crippen molar-refractivity contribution in [2.45, 2.75) is 13.5 Å². The summed E-state index contributed by atoms with van der Waals surface area (Å²) in [7, 11) is 0. The van der Waals surface area contributed by atoms with Crippen molar-refractivity contribution >= 4 is 17.5 Å². The van der Waals surface area contributed by atoms with E-state index in [1.54, 1.807) is 18.2 Å². The zero-order valence-corrected chi connectivity index (χ0v) is 15.6. The normalized spacial score (nSPS) is 15.0. The van der Waals surface area contributed by atoms with Gasteiger partial charge in [-0.1, -0.05) is 23.7 Å². The second kappa shape index (κ2) is 9.07. The van der Waals surface area contributed by atoms with Crippen LogP contribution >= 0.6 is 11.6 Å². The van der Waals surface area contributed by atoms with Gasteiger partial charge in [0.25, 0.3) is 5.91 Å². The summed E-state index contributed by atoms with van der Waals surface area (Å²) in [6.07, 6.45) is 0. The van der Waals surface area contributed by atoms with Gasteiger partial charge in [0.1, 0.15) is 18.1 Å². The van der Waals surface area contributed by atoms with Gasteiger partial charge in [0.05, 0.1) is 18.2 Å². The second-order valence-corrected chi connectivity index (χ2v) is 6.56. The molecular weight excluding hydrogens is 356 g/mol. The van der Waals surface area contributed by atoms with Crippen molar-refractivity contribution in [1.82, 2.24) is 10.2 Å². The van der Waals surface area contributed by atoms with Crippen LogP contribution in [0.4, 0.5) is 0 Å². The van der Waals surface area contributed by atoms with Crippen LogP contribution in [0.25, 0.3) is 0 Å². The van der Waals surface area contributed by atoms with Crippen molar-refractivity contribution < 1.29 is 18.7 Å². The fourth-order valence-corrected chi connectivity index (χ4v) is 3.04. The molecule has 1 saturated heterocycles. The first-order chi connectivity index (χ1) is 12.6. The lowest BCUT2D eigenvalue weighted by Crippen LogP contribution is -2.41. The molecule has 0 aliphatic carbocycles. The largest absolute Gasteiger partial charge is 0.484 e. The van der Waals surface area contributed by atoms with Gasteiger partial charge >= 0.3 is 0 Å². The molecule has 1 amide bonds. The highest BCUT2D eigenvalue weighted by Crippen LogP contribution is 2.28. The number of nitrogens with zero attached hydrogens (tertiary/aromatic N) is 1. The quantitative estimate of drug-likeness (QED) is 0.802. The van der Waals surface area contributed by atoms with E-state index in [0.717, 1.165) is 38.4 Å². The van der Waals surface area contributed by atoms with Gasteiger partial charge in [-0.25, -0.2) is 0 Å². The first-order valence-electron chi connectivity index (χ1n) is 8.68. The van der Waals surface area contributed by atoms with Crippen LogP contribution in [0, 0.1) is 6.92 Å². The van der Waals surface area contributed by atoms with Crippen LogP contribution in [-0.2, 0) is 11.3 Å². The van der Waals surface area contributed by atoms with E-state index in [-0.39, 0.29) is 18.3 Å². The molecule has 1 aromatic carbocycles. The molecule has 1 aliphatic heterocycles. The summed E-state index contributed by atoms with van der Waals surface area (Å²) in [5.41, 5.74) is 0.949. The first kappa shape index (κ1) is 18.8. The van der Waals surface area contributed by atoms with Crippen molar-refractivity contribution in [3.8, 4) is 5.75 Å². The molecule has 0 spiro atoms. The van der Waals surface area contributed by atoms with Crippen molar-refractivity contribution in [3.63, 3.8) is 0 Å². The van der Waals surface area contributed by atoms with Crippen molar-refractivity contribution in [2.24, 2.45) is 0 Å². The van der Waals surface area contributed by atoms with E-state index >= 15 is 0 Å². The minimum absolute atomic E-state index is 0.214. The smallest absolute Gasteiger partial charge is 0.287 e. The fourth-order valence-electron chi connectivity index (χ4n) is 2.76. The molecule has 6 nitrogen and oxygen atoms in total. The Morgan fingerprint density at radius 2 is 2.08 bits per heavy atom. The van der Waals surface area contributed by atoms with E-state index in [9.17, 15) is 4.79 Å². The lowest BCUT2D eigenvalue weighted by Gasteiger charge is -2.26. The number of halogens is 1.